The molecule has 0 saturated carbocycles. The van der Waals surface area contributed by atoms with Gasteiger partial charge in [0, 0.05) is 12.1 Å². The fourth-order valence-electron chi connectivity index (χ4n) is 2.70. The van der Waals surface area contributed by atoms with Crippen molar-refractivity contribution in [2.75, 3.05) is 6.54 Å². The smallest absolute Gasteiger partial charge is 0.423 e. The van der Waals surface area contributed by atoms with Gasteiger partial charge < -0.3 is 14.6 Å². The topological polar surface area (TPSA) is 49.8 Å². The zero-order valence-corrected chi connectivity index (χ0v) is 10.5. The number of rotatable bonds is 1. The molecule has 1 N–H and O–H groups in total. The molecule has 1 atom stereocenters. The first-order chi connectivity index (χ1) is 9.20. The van der Waals surface area contributed by atoms with Crippen LogP contribution >= 0.6 is 0 Å². The minimum atomic E-state index is -0.926. The predicted molar refractivity (Wildman–Crippen MR) is 71.7 cm³/mol. The molecule has 4 nitrogen and oxygen atoms in total. The van der Waals surface area contributed by atoms with Crippen LogP contribution in [-0.4, -0.2) is 35.5 Å². The first-order valence-corrected chi connectivity index (χ1v) is 6.40. The average Bonchev–Trinajstić information content (AvgIpc) is 3.04. The Morgan fingerprint density at radius 2 is 2.42 bits per heavy atom. The van der Waals surface area contributed by atoms with Gasteiger partial charge in [-0.1, -0.05) is 12.0 Å². The number of terminal acetylenes is 1. The first kappa shape index (κ1) is 12.3. The van der Waals surface area contributed by atoms with Crippen LogP contribution in [0.1, 0.15) is 28.8 Å². The van der Waals surface area contributed by atoms with Crippen molar-refractivity contribution in [3.05, 3.63) is 29.3 Å². The van der Waals surface area contributed by atoms with Crippen molar-refractivity contribution in [1.82, 2.24) is 4.90 Å². The van der Waals surface area contributed by atoms with Crippen molar-refractivity contribution >= 4 is 18.5 Å². The van der Waals surface area contributed by atoms with Gasteiger partial charge in [0.1, 0.15) is 0 Å². The molecule has 0 aromatic heterocycles. The van der Waals surface area contributed by atoms with Gasteiger partial charge in [-0.25, -0.2) is 0 Å². The lowest BCUT2D eigenvalue weighted by Gasteiger charge is -2.21. The van der Waals surface area contributed by atoms with Crippen LogP contribution in [-0.2, 0) is 11.3 Å². The molecule has 2 aliphatic rings. The molecule has 96 valence electrons. The quantitative estimate of drug-likeness (QED) is 0.573. The maximum Gasteiger partial charge on any atom is 0.491 e. The second-order valence-corrected chi connectivity index (χ2v) is 4.90. The number of nitrogens with zero attached hydrogens (tertiary/aromatic N) is 1. The lowest BCUT2D eigenvalue weighted by Crippen LogP contribution is -2.36. The zero-order chi connectivity index (χ0) is 13.4. The van der Waals surface area contributed by atoms with E-state index < -0.39 is 7.12 Å². The summed E-state index contributed by atoms with van der Waals surface area (Å²) in [4.78, 5) is 14.2. The van der Waals surface area contributed by atoms with Crippen molar-refractivity contribution in [2.45, 2.75) is 25.5 Å². The molecule has 2 aliphatic heterocycles. The molecule has 0 aliphatic carbocycles. The Hall–Kier alpha value is -1.77. The maximum absolute atomic E-state index is 12.4. The summed E-state index contributed by atoms with van der Waals surface area (Å²) in [5.41, 5.74) is 2.17. The van der Waals surface area contributed by atoms with E-state index in [-0.39, 0.29) is 11.9 Å². The minimum absolute atomic E-state index is 0.0673. The van der Waals surface area contributed by atoms with E-state index in [1.54, 1.807) is 17.0 Å². The van der Waals surface area contributed by atoms with E-state index in [0.29, 0.717) is 24.2 Å². The fourth-order valence-corrected chi connectivity index (χ4v) is 2.70. The molecule has 2 heterocycles. The normalized spacial score (nSPS) is 21.4. The number of fused-ring (bicyclic) bond motifs is 1. The fraction of sp³-hybridized carbons (Fsp3) is 0.357. The van der Waals surface area contributed by atoms with E-state index in [2.05, 4.69) is 5.92 Å². The van der Waals surface area contributed by atoms with E-state index in [0.717, 1.165) is 18.4 Å². The van der Waals surface area contributed by atoms with Gasteiger partial charge in [0.15, 0.2) is 0 Å². The van der Waals surface area contributed by atoms with Crippen LogP contribution in [0.4, 0.5) is 0 Å². The summed E-state index contributed by atoms with van der Waals surface area (Å²) in [5.74, 6) is 2.59. The highest BCUT2D eigenvalue weighted by molar-refractivity contribution is 6.61. The third kappa shape index (κ3) is 2.03. The van der Waals surface area contributed by atoms with E-state index in [9.17, 15) is 9.82 Å². The molecule has 1 unspecified atom stereocenters. The largest absolute Gasteiger partial charge is 0.491 e. The molecule has 0 spiro atoms. The van der Waals surface area contributed by atoms with Crippen molar-refractivity contribution < 1.29 is 14.5 Å². The SMILES string of the molecule is C#CC1CCCN1C(=O)c1ccc2c(c1)B(O)OC2. The van der Waals surface area contributed by atoms with Crippen molar-refractivity contribution in [2.24, 2.45) is 0 Å². The van der Waals surface area contributed by atoms with Crippen LogP contribution in [0.5, 0.6) is 0 Å². The van der Waals surface area contributed by atoms with Gasteiger partial charge in [0.05, 0.1) is 12.6 Å². The van der Waals surface area contributed by atoms with Gasteiger partial charge in [-0.2, -0.15) is 0 Å². The molecule has 1 saturated heterocycles. The summed E-state index contributed by atoms with van der Waals surface area (Å²) in [6, 6.07) is 5.21. The van der Waals surface area contributed by atoms with Gasteiger partial charge in [0.25, 0.3) is 5.91 Å². The Labute approximate surface area is 112 Å². The molecular formula is C14H14BNO3. The molecule has 3 rings (SSSR count). The molecule has 0 radical (unpaired) electrons. The Morgan fingerprint density at radius 3 is 3.21 bits per heavy atom. The minimum Gasteiger partial charge on any atom is -0.423 e. The summed E-state index contributed by atoms with van der Waals surface area (Å²) in [6.07, 6.45) is 7.25. The first-order valence-electron chi connectivity index (χ1n) is 6.40. The molecule has 1 aromatic carbocycles. The van der Waals surface area contributed by atoms with Crippen LogP contribution in [0.2, 0.25) is 0 Å². The summed E-state index contributed by atoms with van der Waals surface area (Å²) in [5, 5.41) is 9.67. The lowest BCUT2D eigenvalue weighted by molar-refractivity contribution is 0.0766. The van der Waals surface area contributed by atoms with E-state index in [4.69, 9.17) is 11.1 Å². The Balaban J connectivity index is 1.89. The molecule has 19 heavy (non-hydrogen) atoms. The number of amides is 1. The second kappa shape index (κ2) is 4.73. The third-order valence-electron chi connectivity index (χ3n) is 3.76. The molecular weight excluding hydrogens is 241 g/mol. The van der Waals surface area contributed by atoms with Gasteiger partial charge in [-0.05, 0) is 36.0 Å². The van der Waals surface area contributed by atoms with Gasteiger partial charge in [0.2, 0.25) is 0 Å². The number of carbonyl (C=O) groups excluding carboxylic acids is 1. The Kier molecular flexibility index (Phi) is 3.05. The van der Waals surface area contributed by atoms with Crippen LogP contribution < -0.4 is 5.46 Å². The number of hydrogen-bond donors (Lipinski definition) is 1. The summed E-state index contributed by atoms with van der Waals surface area (Å²) >= 11 is 0. The molecule has 1 amide bonds. The highest BCUT2D eigenvalue weighted by atomic mass is 16.5. The molecule has 5 heteroatoms. The zero-order valence-electron chi connectivity index (χ0n) is 10.5. The summed E-state index contributed by atoms with van der Waals surface area (Å²) in [6.45, 7) is 1.09. The van der Waals surface area contributed by atoms with E-state index >= 15 is 0 Å². The van der Waals surface area contributed by atoms with Crippen LogP contribution in [0.25, 0.3) is 0 Å². The lowest BCUT2D eigenvalue weighted by atomic mass is 9.78. The highest BCUT2D eigenvalue weighted by Gasteiger charge is 2.31. The van der Waals surface area contributed by atoms with Crippen LogP contribution in [0, 0.1) is 12.3 Å². The average molecular weight is 255 g/mol. The number of benzene rings is 1. The summed E-state index contributed by atoms with van der Waals surface area (Å²) < 4.78 is 5.12. The molecule has 1 fully saturated rings. The third-order valence-corrected chi connectivity index (χ3v) is 3.76. The number of hydrogen-bond acceptors (Lipinski definition) is 3. The van der Waals surface area contributed by atoms with Crippen molar-refractivity contribution in [3.63, 3.8) is 0 Å². The Morgan fingerprint density at radius 1 is 1.58 bits per heavy atom. The molecule has 0 bridgehead atoms. The van der Waals surface area contributed by atoms with E-state index in [1.807, 2.05) is 6.07 Å². The van der Waals surface area contributed by atoms with Gasteiger partial charge >= 0.3 is 7.12 Å². The molecule has 1 aromatic rings. The van der Waals surface area contributed by atoms with Gasteiger partial charge in [-0.3, -0.25) is 4.79 Å². The van der Waals surface area contributed by atoms with Crippen LogP contribution in [0.3, 0.4) is 0 Å². The van der Waals surface area contributed by atoms with Crippen molar-refractivity contribution in [1.29, 1.82) is 0 Å². The van der Waals surface area contributed by atoms with Gasteiger partial charge in [-0.15, -0.1) is 6.42 Å². The summed E-state index contributed by atoms with van der Waals surface area (Å²) in [7, 11) is -0.926. The van der Waals surface area contributed by atoms with E-state index in [1.165, 1.54) is 0 Å². The number of carbonyl (C=O) groups is 1. The standard InChI is InChI=1S/C14H14BNO3/c1-2-12-4-3-7-16(12)14(17)10-5-6-11-9-19-15(18)13(11)8-10/h1,5-6,8,12,18H,3-4,7,9H2. The highest BCUT2D eigenvalue weighted by Crippen LogP contribution is 2.20. The Bertz CT molecular complexity index is 566. The van der Waals surface area contributed by atoms with Crippen LogP contribution in [0.15, 0.2) is 18.2 Å². The maximum atomic E-state index is 12.4. The monoisotopic (exact) mass is 255 g/mol. The predicted octanol–water partition coefficient (Wildman–Crippen LogP) is 0.142. The second-order valence-electron chi connectivity index (χ2n) is 4.90. The number of likely N-dealkylation sites (tertiary alicyclic amines) is 1. The van der Waals surface area contributed by atoms with Crippen molar-refractivity contribution in [3.8, 4) is 12.3 Å².